The zero-order valence-electron chi connectivity index (χ0n) is 10.4. The number of unbranched alkanes of at least 4 members (excludes halogenated alkanes) is 1. The van der Waals surface area contributed by atoms with Crippen LogP contribution in [0.15, 0.2) is 28.7 Å². The molecule has 1 atom stereocenters. The molecule has 3 nitrogen and oxygen atoms in total. The number of nitrogens with two attached hydrogens (primary N) is 1. The molecule has 0 aliphatic heterocycles. The van der Waals surface area contributed by atoms with Gasteiger partial charge >= 0.3 is 5.97 Å². The van der Waals surface area contributed by atoms with Crippen molar-refractivity contribution < 1.29 is 9.90 Å². The average Bonchev–Trinajstić information content (AvgIpc) is 2.29. The highest BCUT2D eigenvalue weighted by Crippen LogP contribution is 2.23. The summed E-state index contributed by atoms with van der Waals surface area (Å²) in [6, 6.07) is 7.60. The van der Waals surface area contributed by atoms with Gasteiger partial charge in [0.2, 0.25) is 0 Å². The van der Waals surface area contributed by atoms with E-state index in [-0.39, 0.29) is 12.4 Å². The topological polar surface area (TPSA) is 63.3 Å². The zero-order chi connectivity index (χ0) is 12.9. The third kappa shape index (κ3) is 4.59. The SMILES string of the molecule is CCCC[C@](N)(Cc1ccccc1Br)C(=O)O.Cl. The lowest BCUT2D eigenvalue weighted by atomic mass is 9.87. The Morgan fingerprint density at radius 3 is 2.56 bits per heavy atom. The van der Waals surface area contributed by atoms with Crippen LogP contribution in [0, 0.1) is 0 Å². The Morgan fingerprint density at radius 1 is 1.44 bits per heavy atom. The summed E-state index contributed by atoms with van der Waals surface area (Å²) in [5, 5.41) is 9.27. The van der Waals surface area contributed by atoms with E-state index in [0.29, 0.717) is 12.8 Å². The van der Waals surface area contributed by atoms with E-state index < -0.39 is 11.5 Å². The fraction of sp³-hybridized carbons (Fsp3) is 0.462. The molecule has 0 bridgehead atoms. The van der Waals surface area contributed by atoms with Crippen molar-refractivity contribution in [2.24, 2.45) is 5.73 Å². The Labute approximate surface area is 122 Å². The van der Waals surface area contributed by atoms with Crippen molar-refractivity contribution in [2.45, 2.75) is 38.1 Å². The van der Waals surface area contributed by atoms with Crippen LogP contribution >= 0.6 is 28.3 Å². The molecule has 0 amide bonds. The summed E-state index contributed by atoms with van der Waals surface area (Å²) < 4.78 is 0.910. The van der Waals surface area contributed by atoms with Gasteiger partial charge in [-0.2, -0.15) is 0 Å². The quantitative estimate of drug-likeness (QED) is 0.837. The second-order valence-electron chi connectivity index (χ2n) is 4.33. The van der Waals surface area contributed by atoms with Crippen molar-refractivity contribution in [1.82, 2.24) is 0 Å². The van der Waals surface area contributed by atoms with Gasteiger partial charge in [-0.25, -0.2) is 0 Å². The molecule has 0 radical (unpaired) electrons. The van der Waals surface area contributed by atoms with Crippen LogP contribution in [0.3, 0.4) is 0 Å². The molecule has 1 rings (SSSR count). The molecule has 0 heterocycles. The summed E-state index contributed by atoms with van der Waals surface area (Å²) in [6.45, 7) is 2.03. The largest absolute Gasteiger partial charge is 0.480 e. The molecule has 0 aliphatic rings. The van der Waals surface area contributed by atoms with Crippen molar-refractivity contribution in [3.63, 3.8) is 0 Å². The summed E-state index contributed by atoms with van der Waals surface area (Å²) in [6.07, 6.45) is 2.62. The first-order chi connectivity index (χ1) is 7.99. The highest BCUT2D eigenvalue weighted by Gasteiger charge is 2.33. The Morgan fingerprint density at radius 2 is 2.06 bits per heavy atom. The fourth-order valence-electron chi connectivity index (χ4n) is 1.74. The van der Waals surface area contributed by atoms with E-state index in [1.165, 1.54) is 0 Å². The van der Waals surface area contributed by atoms with Gasteiger partial charge in [0.25, 0.3) is 0 Å². The van der Waals surface area contributed by atoms with Crippen LogP contribution in [-0.4, -0.2) is 16.6 Å². The number of hydrogen-bond donors (Lipinski definition) is 2. The van der Waals surface area contributed by atoms with Crippen LogP contribution in [-0.2, 0) is 11.2 Å². The summed E-state index contributed by atoms with van der Waals surface area (Å²) in [5.41, 5.74) is 5.78. The Hall–Kier alpha value is -0.580. The molecule has 0 saturated heterocycles. The van der Waals surface area contributed by atoms with Gasteiger partial charge in [0.05, 0.1) is 0 Å². The molecule has 18 heavy (non-hydrogen) atoms. The molecule has 0 aromatic heterocycles. The molecule has 0 aliphatic carbocycles. The van der Waals surface area contributed by atoms with Gasteiger partial charge in [0.1, 0.15) is 5.54 Å². The maximum absolute atomic E-state index is 11.3. The number of rotatable bonds is 6. The maximum Gasteiger partial charge on any atom is 0.324 e. The Bertz CT molecular complexity index is 400. The predicted octanol–water partition coefficient (Wildman–Crippen LogP) is 3.39. The molecule has 1 aromatic carbocycles. The van der Waals surface area contributed by atoms with Gasteiger partial charge in [0.15, 0.2) is 0 Å². The molecule has 3 N–H and O–H groups in total. The third-order valence-electron chi connectivity index (χ3n) is 2.87. The standard InChI is InChI=1S/C13H18BrNO2.ClH/c1-2-3-8-13(15,12(16)17)9-10-6-4-5-7-11(10)14;/h4-7H,2-3,8-9,15H2,1H3,(H,16,17);1H/t13-;/m0./s1. The van der Waals surface area contributed by atoms with E-state index >= 15 is 0 Å². The van der Waals surface area contributed by atoms with E-state index in [9.17, 15) is 9.90 Å². The molecule has 0 spiro atoms. The van der Waals surface area contributed by atoms with Gasteiger partial charge in [-0.05, 0) is 18.1 Å². The van der Waals surface area contributed by atoms with E-state index in [1.807, 2.05) is 31.2 Å². The summed E-state index contributed by atoms with van der Waals surface area (Å²) in [4.78, 5) is 11.3. The van der Waals surface area contributed by atoms with E-state index in [0.717, 1.165) is 22.9 Å². The summed E-state index contributed by atoms with van der Waals surface area (Å²) in [7, 11) is 0. The number of carboxylic acid groups (broad SMARTS) is 1. The number of hydrogen-bond acceptors (Lipinski definition) is 2. The Balaban J connectivity index is 0.00000289. The van der Waals surface area contributed by atoms with Crippen LogP contribution in [0.1, 0.15) is 31.7 Å². The minimum absolute atomic E-state index is 0. The first kappa shape index (κ1) is 17.4. The van der Waals surface area contributed by atoms with Crippen molar-refractivity contribution in [1.29, 1.82) is 0 Å². The molecule has 5 heteroatoms. The fourth-order valence-corrected chi connectivity index (χ4v) is 2.17. The lowest BCUT2D eigenvalue weighted by Gasteiger charge is -2.25. The van der Waals surface area contributed by atoms with Crippen LogP contribution in [0.5, 0.6) is 0 Å². The minimum Gasteiger partial charge on any atom is -0.480 e. The molecule has 0 fully saturated rings. The van der Waals surface area contributed by atoms with Gasteiger partial charge < -0.3 is 10.8 Å². The third-order valence-corrected chi connectivity index (χ3v) is 3.64. The highest BCUT2D eigenvalue weighted by atomic mass is 79.9. The molecular weight excluding hydrogens is 318 g/mol. The van der Waals surface area contributed by atoms with Crippen LogP contribution in [0.25, 0.3) is 0 Å². The summed E-state index contributed by atoms with van der Waals surface area (Å²) >= 11 is 3.42. The number of aliphatic carboxylic acids is 1. The van der Waals surface area contributed by atoms with Crippen molar-refractivity contribution in [3.05, 3.63) is 34.3 Å². The van der Waals surface area contributed by atoms with E-state index in [2.05, 4.69) is 15.9 Å². The number of halogens is 2. The van der Waals surface area contributed by atoms with E-state index in [1.54, 1.807) is 0 Å². The van der Waals surface area contributed by atoms with Gasteiger partial charge in [-0.1, -0.05) is 53.9 Å². The number of carboxylic acids is 1. The monoisotopic (exact) mass is 335 g/mol. The smallest absolute Gasteiger partial charge is 0.324 e. The predicted molar refractivity (Wildman–Crippen MR) is 79.2 cm³/mol. The number of carbonyl (C=O) groups is 1. The van der Waals surface area contributed by atoms with Crippen LogP contribution in [0.2, 0.25) is 0 Å². The summed E-state index contributed by atoms with van der Waals surface area (Å²) in [5.74, 6) is -0.929. The molecule has 0 saturated carbocycles. The average molecular weight is 337 g/mol. The van der Waals surface area contributed by atoms with Crippen LogP contribution in [0.4, 0.5) is 0 Å². The first-order valence-electron chi connectivity index (χ1n) is 5.75. The second-order valence-corrected chi connectivity index (χ2v) is 5.19. The molecular formula is C13H19BrClNO2. The first-order valence-corrected chi connectivity index (χ1v) is 6.54. The maximum atomic E-state index is 11.3. The van der Waals surface area contributed by atoms with Gasteiger partial charge in [-0.15, -0.1) is 12.4 Å². The van der Waals surface area contributed by atoms with Crippen LogP contribution < -0.4 is 5.73 Å². The second kappa shape index (κ2) is 7.77. The minimum atomic E-state index is -1.17. The lowest BCUT2D eigenvalue weighted by Crippen LogP contribution is -2.50. The molecule has 1 aromatic rings. The number of benzene rings is 1. The molecule has 102 valence electrons. The highest BCUT2D eigenvalue weighted by molar-refractivity contribution is 9.10. The van der Waals surface area contributed by atoms with Gasteiger partial charge in [0, 0.05) is 10.9 Å². The lowest BCUT2D eigenvalue weighted by molar-refractivity contribution is -0.143. The zero-order valence-corrected chi connectivity index (χ0v) is 12.8. The molecule has 0 unspecified atom stereocenters. The van der Waals surface area contributed by atoms with Crippen molar-refractivity contribution in [2.75, 3.05) is 0 Å². The normalized spacial score (nSPS) is 13.5. The van der Waals surface area contributed by atoms with Crippen molar-refractivity contribution >= 4 is 34.3 Å². The van der Waals surface area contributed by atoms with E-state index in [4.69, 9.17) is 5.73 Å². The van der Waals surface area contributed by atoms with Gasteiger partial charge in [-0.3, -0.25) is 4.79 Å². The Kier molecular flexibility index (Phi) is 7.52. The van der Waals surface area contributed by atoms with Crippen molar-refractivity contribution in [3.8, 4) is 0 Å².